The topological polar surface area (TPSA) is 155 Å². The number of amides is 4. The quantitative estimate of drug-likeness (QED) is 0.224. The van der Waals surface area contributed by atoms with Gasteiger partial charge in [0.25, 0.3) is 5.91 Å². The number of nitrogens with one attached hydrogen (secondary N) is 3. The lowest BCUT2D eigenvalue weighted by molar-refractivity contribution is -0.138. The van der Waals surface area contributed by atoms with Gasteiger partial charge in [0.05, 0.1) is 18.8 Å². The van der Waals surface area contributed by atoms with E-state index in [9.17, 15) is 19.2 Å². The van der Waals surface area contributed by atoms with Gasteiger partial charge in [-0.1, -0.05) is 60.7 Å². The van der Waals surface area contributed by atoms with Crippen molar-refractivity contribution in [1.82, 2.24) is 20.9 Å². The summed E-state index contributed by atoms with van der Waals surface area (Å²) in [4.78, 5) is 57.6. The van der Waals surface area contributed by atoms with Gasteiger partial charge in [0.15, 0.2) is 0 Å². The van der Waals surface area contributed by atoms with Crippen LogP contribution in [0.25, 0.3) is 0 Å². The van der Waals surface area contributed by atoms with Crippen molar-refractivity contribution in [3.05, 3.63) is 83.7 Å². The van der Waals surface area contributed by atoms with E-state index in [0.717, 1.165) is 24.0 Å². The van der Waals surface area contributed by atoms with E-state index >= 15 is 0 Å². The second-order valence-corrected chi connectivity index (χ2v) is 12.4. The summed E-state index contributed by atoms with van der Waals surface area (Å²) in [5.74, 6) is -0.737. The first-order valence-electron chi connectivity index (χ1n) is 16.0. The van der Waals surface area contributed by atoms with Gasteiger partial charge in [0.2, 0.25) is 17.7 Å². The highest BCUT2D eigenvalue weighted by molar-refractivity contribution is 5.92. The number of hydrogen-bond acceptors (Lipinski definition) is 7. The average molecular weight is 631 g/mol. The third-order valence-corrected chi connectivity index (χ3v) is 7.99. The van der Waals surface area contributed by atoms with Crippen molar-refractivity contribution >= 4 is 29.8 Å². The molecule has 2 aliphatic heterocycles. The molecule has 46 heavy (non-hydrogen) atoms. The Morgan fingerprint density at radius 3 is 2.43 bits per heavy atom. The summed E-state index contributed by atoms with van der Waals surface area (Å²) in [6.45, 7) is 4.48. The number of carbonyl (C=O) groups excluding carboxylic acids is 4. The Morgan fingerprint density at radius 2 is 1.74 bits per heavy atom. The summed E-state index contributed by atoms with van der Waals surface area (Å²) in [6, 6.07) is 18.1. The molecule has 0 spiro atoms. The number of ether oxygens (including phenoxy) is 1. The van der Waals surface area contributed by atoms with E-state index in [-0.39, 0.29) is 30.9 Å². The smallest absolute Gasteiger partial charge is 0.250 e. The Balaban J connectivity index is 1.21. The molecule has 246 valence electrons. The molecule has 0 aromatic heterocycles. The van der Waals surface area contributed by atoms with Gasteiger partial charge >= 0.3 is 0 Å². The van der Waals surface area contributed by atoms with Gasteiger partial charge in [0.1, 0.15) is 17.9 Å². The van der Waals surface area contributed by atoms with Crippen LogP contribution in [0, 0.1) is 5.92 Å². The molecule has 0 aliphatic carbocycles. The van der Waals surface area contributed by atoms with Crippen molar-refractivity contribution in [2.45, 2.75) is 76.6 Å². The number of nitrogens with two attached hydrogens (primary N) is 1. The summed E-state index contributed by atoms with van der Waals surface area (Å²) >= 11 is 0. The van der Waals surface area contributed by atoms with E-state index in [4.69, 9.17) is 10.5 Å². The summed E-state index contributed by atoms with van der Waals surface area (Å²) in [6.07, 6.45) is 7.41. The molecule has 2 aliphatic rings. The molecule has 1 fully saturated rings. The predicted molar refractivity (Wildman–Crippen MR) is 176 cm³/mol. The third kappa shape index (κ3) is 10.6. The molecule has 1 saturated heterocycles. The van der Waals surface area contributed by atoms with Crippen molar-refractivity contribution in [3.8, 4) is 0 Å². The zero-order valence-corrected chi connectivity index (χ0v) is 26.7. The van der Waals surface area contributed by atoms with Gasteiger partial charge in [0, 0.05) is 31.6 Å². The maximum atomic E-state index is 13.1. The first-order valence-corrected chi connectivity index (χ1v) is 16.0. The maximum Gasteiger partial charge on any atom is 0.250 e. The monoisotopic (exact) mass is 630 g/mol. The first-order chi connectivity index (χ1) is 22.1. The SMILES string of the molecule is CC(C)(N)C(=O)NC(COCc1ccccc1)C(=O)NC1=CC(CCCC(=O)N2CCC[C@H]2C(=O)NCCc2ccccc2)C=N1. The number of allylic oxidation sites excluding steroid dienone is 1. The van der Waals surface area contributed by atoms with E-state index in [0.29, 0.717) is 44.6 Å². The molecule has 0 saturated carbocycles. The van der Waals surface area contributed by atoms with Gasteiger partial charge < -0.3 is 31.3 Å². The maximum absolute atomic E-state index is 13.1. The normalized spacial score (nSPS) is 18.2. The summed E-state index contributed by atoms with van der Waals surface area (Å²) in [5.41, 5.74) is 6.86. The van der Waals surface area contributed by atoms with Crippen molar-refractivity contribution in [1.29, 1.82) is 0 Å². The van der Waals surface area contributed by atoms with E-state index in [1.165, 1.54) is 0 Å². The molecular formula is C35H46N6O5. The minimum Gasteiger partial charge on any atom is -0.374 e. The number of carbonyl (C=O) groups is 4. The third-order valence-electron chi connectivity index (χ3n) is 7.99. The van der Waals surface area contributed by atoms with Gasteiger partial charge in [-0.2, -0.15) is 0 Å². The second kappa shape index (κ2) is 16.8. The zero-order chi connectivity index (χ0) is 32.9. The van der Waals surface area contributed by atoms with Crippen LogP contribution in [-0.2, 0) is 36.9 Å². The molecule has 11 heteroatoms. The van der Waals surface area contributed by atoms with Gasteiger partial charge in [-0.05, 0) is 63.2 Å². The minimum absolute atomic E-state index is 0.0231. The highest BCUT2D eigenvalue weighted by Crippen LogP contribution is 2.21. The number of hydrogen-bond donors (Lipinski definition) is 4. The fourth-order valence-corrected chi connectivity index (χ4v) is 5.37. The Hall–Kier alpha value is -4.35. The Bertz CT molecular complexity index is 1390. The van der Waals surface area contributed by atoms with Crippen LogP contribution < -0.4 is 21.7 Å². The fourth-order valence-electron chi connectivity index (χ4n) is 5.37. The molecule has 5 N–H and O–H groups in total. The first kappa shape index (κ1) is 34.5. The highest BCUT2D eigenvalue weighted by atomic mass is 16.5. The van der Waals surface area contributed by atoms with Crippen LogP contribution >= 0.6 is 0 Å². The van der Waals surface area contributed by atoms with Gasteiger partial charge in [-0.15, -0.1) is 0 Å². The Kier molecular flexibility index (Phi) is 12.6. The molecule has 3 atom stereocenters. The molecule has 4 rings (SSSR count). The van der Waals surface area contributed by atoms with Crippen LogP contribution in [0.5, 0.6) is 0 Å². The van der Waals surface area contributed by atoms with Gasteiger partial charge in [-0.25, -0.2) is 4.99 Å². The van der Waals surface area contributed by atoms with Crippen LogP contribution in [-0.4, -0.2) is 72.1 Å². The van der Waals surface area contributed by atoms with E-state index < -0.39 is 29.4 Å². The zero-order valence-electron chi connectivity index (χ0n) is 26.7. The molecule has 2 unspecified atom stereocenters. The molecule has 4 amide bonds. The Labute approximate surface area is 271 Å². The predicted octanol–water partition coefficient (Wildman–Crippen LogP) is 2.60. The van der Waals surface area contributed by atoms with E-state index in [2.05, 4.69) is 20.9 Å². The molecule has 2 aromatic rings. The standard InChI is InChI=1S/C35H46N6O5/c1-35(2,36)34(45)39-28(24-46-23-26-13-7-4-8-14-26)32(43)40-30-21-27(22-38-30)15-9-17-31(42)41-20-10-16-29(41)33(44)37-19-18-25-11-5-3-6-12-25/h3-8,11-14,21-22,27-29H,9-10,15-20,23-24,36H2,1-2H3,(H,37,44)(H,39,45)(H,40,43)/t27?,28?,29-/m0/s1. The minimum atomic E-state index is -1.17. The van der Waals surface area contributed by atoms with Crippen molar-refractivity contribution in [3.63, 3.8) is 0 Å². The Morgan fingerprint density at radius 1 is 1.04 bits per heavy atom. The second-order valence-electron chi connectivity index (χ2n) is 12.4. The fraction of sp³-hybridized carbons (Fsp3) is 0.457. The molecule has 0 bridgehead atoms. The average Bonchev–Trinajstić information content (AvgIpc) is 3.71. The van der Waals surface area contributed by atoms with E-state index in [1.54, 1.807) is 25.0 Å². The van der Waals surface area contributed by atoms with Gasteiger partial charge in [-0.3, -0.25) is 19.2 Å². The van der Waals surface area contributed by atoms with Crippen LogP contribution in [0.4, 0.5) is 0 Å². The van der Waals surface area contributed by atoms with Crippen LogP contribution in [0.3, 0.4) is 0 Å². The van der Waals surface area contributed by atoms with Crippen LogP contribution in [0.2, 0.25) is 0 Å². The summed E-state index contributed by atoms with van der Waals surface area (Å²) < 4.78 is 5.74. The van der Waals surface area contributed by atoms with Crippen LogP contribution in [0.1, 0.15) is 57.1 Å². The van der Waals surface area contributed by atoms with Crippen molar-refractivity contribution in [2.75, 3.05) is 19.7 Å². The van der Waals surface area contributed by atoms with Crippen molar-refractivity contribution < 1.29 is 23.9 Å². The summed E-state index contributed by atoms with van der Waals surface area (Å²) in [7, 11) is 0. The summed E-state index contributed by atoms with van der Waals surface area (Å²) in [5, 5.41) is 8.45. The highest BCUT2D eigenvalue weighted by Gasteiger charge is 2.34. The largest absolute Gasteiger partial charge is 0.374 e. The lowest BCUT2D eigenvalue weighted by Crippen LogP contribution is -2.57. The number of likely N-dealkylation sites (tertiary alicyclic amines) is 1. The van der Waals surface area contributed by atoms with E-state index in [1.807, 2.05) is 66.7 Å². The number of aliphatic imine (C=N–C) groups is 1. The lowest BCUT2D eigenvalue weighted by atomic mass is 10.0. The molecule has 2 heterocycles. The number of nitrogens with zero attached hydrogens (tertiary/aromatic N) is 2. The molecular weight excluding hydrogens is 584 g/mol. The number of rotatable bonds is 16. The van der Waals surface area contributed by atoms with Crippen molar-refractivity contribution in [2.24, 2.45) is 16.6 Å². The molecule has 11 nitrogen and oxygen atoms in total. The molecule has 2 aromatic carbocycles. The lowest BCUT2D eigenvalue weighted by Gasteiger charge is -2.24. The van der Waals surface area contributed by atoms with Crippen LogP contribution in [0.15, 0.2) is 77.6 Å². The molecule has 0 radical (unpaired) electrons. The number of benzene rings is 2.